The van der Waals surface area contributed by atoms with Crippen molar-refractivity contribution in [3.05, 3.63) is 0 Å². The predicted octanol–water partition coefficient (Wildman–Crippen LogP) is 2.55. The summed E-state index contributed by atoms with van der Waals surface area (Å²) in [4.78, 5) is 0. The first kappa shape index (κ1) is 14.9. The van der Waals surface area contributed by atoms with E-state index in [0.29, 0.717) is 12.1 Å². The molecule has 1 saturated heterocycles. The summed E-state index contributed by atoms with van der Waals surface area (Å²) < 4.78 is 0. The predicted molar refractivity (Wildman–Crippen MR) is 72.7 cm³/mol. The summed E-state index contributed by atoms with van der Waals surface area (Å²) in [6.45, 7) is 10.1. The molecule has 3 nitrogen and oxygen atoms in total. The van der Waals surface area contributed by atoms with Gasteiger partial charge in [-0.05, 0) is 39.5 Å². The summed E-state index contributed by atoms with van der Waals surface area (Å²) in [6, 6.07) is 1.23. The highest BCUT2D eigenvalue weighted by Crippen LogP contribution is 2.26. The van der Waals surface area contributed by atoms with Crippen LogP contribution in [0.4, 0.5) is 0 Å². The Balaban J connectivity index is 2.52. The smallest absolute Gasteiger partial charge is 0.0499 e. The Labute approximate surface area is 107 Å². The molecular weight excluding hydrogens is 212 g/mol. The van der Waals surface area contributed by atoms with E-state index in [2.05, 4.69) is 38.1 Å². The zero-order valence-electron chi connectivity index (χ0n) is 12.0. The standard InChI is InChI=1S/C14H30N2O/c1-5-14(6-2,11-17)10-15-16-12(3)8-7-9-13(16)4/h12-13,15,17H,5-11H2,1-4H3. The molecular formula is C14H30N2O. The second-order valence-corrected chi connectivity index (χ2v) is 5.74. The molecule has 2 N–H and O–H groups in total. The van der Waals surface area contributed by atoms with Crippen LogP contribution >= 0.6 is 0 Å². The van der Waals surface area contributed by atoms with Gasteiger partial charge < -0.3 is 5.11 Å². The van der Waals surface area contributed by atoms with Crippen LogP contribution in [0.2, 0.25) is 0 Å². The lowest BCUT2D eigenvalue weighted by molar-refractivity contribution is 0.0124. The highest BCUT2D eigenvalue weighted by molar-refractivity contribution is 4.81. The topological polar surface area (TPSA) is 35.5 Å². The van der Waals surface area contributed by atoms with Crippen LogP contribution < -0.4 is 5.43 Å². The highest BCUT2D eigenvalue weighted by atomic mass is 16.3. The molecule has 0 radical (unpaired) electrons. The third-order valence-electron chi connectivity index (χ3n) is 4.67. The average molecular weight is 242 g/mol. The number of nitrogens with zero attached hydrogens (tertiary/aromatic N) is 1. The Kier molecular flexibility index (Phi) is 5.90. The first-order valence-corrected chi connectivity index (χ1v) is 7.21. The fraction of sp³-hybridized carbons (Fsp3) is 1.00. The van der Waals surface area contributed by atoms with E-state index in [1.807, 2.05) is 0 Å². The van der Waals surface area contributed by atoms with Gasteiger partial charge in [-0.2, -0.15) is 0 Å². The monoisotopic (exact) mass is 242 g/mol. The van der Waals surface area contributed by atoms with Gasteiger partial charge >= 0.3 is 0 Å². The van der Waals surface area contributed by atoms with E-state index in [1.54, 1.807) is 0 Å². The van der Waals surface area contributed by atoms with Crippen LogP contribution in [0.25, 0.3) is 0 Å². The molecule has 1 rings (SSSR count). The van der Waals surface area contributed by atoms with Gasteiger partial charge in [0.05, 0.1) is 0 Å². The minimum absolute atomic E-state index is 0.0525. The molecule has 1 heterocycles. The van der Waals surface area contributed by atoms with E-state index >= 15 is 0 Å². The molecule has 1 aliphatic heterocycles. The van der Waals surface area contributed by atoms with Crippen LogP contribution in [0, 0.1) is 5.41 Å². The summed E-state index contributed by atoms with van der Waals surface area (Å²) in [7, 11) is 0. The van der Waals surface area contributed by atoms with Crippen LogP contribution in [-0.2, 0) is 0 Å². The van der Waals surface area contributed by atoms with Crippen molar-refractivity contribution in [1.82, 2.24) is 10.4 Å². The molecule has 2 unspecified atom stereocenters. The van der Waals surface area contributed by atoms with E-state index in [1.165, 1.54) is 19.3 Å². The lowest BCUT2D eigenvalue weighted by Gasteiger charge is -2.42. The maximum absolute atomic E-state index is 9.58. The number of hydrogen-bond donors (Lipinski definition) is 2. The number of rotatable bonds is 6. The fourth-order valence-corrected chi connectivity index (χ4v) is 2.77. The highest BCUT2D eigenvalue weighted by Gasteiger charge is 2.29. The Hall–Kier alpha value is -0.120. The van der Waals surface area contributed by atoms with Crippen LogP contribution in [0.5, 0.6) is 0 Å². The average Bonchev–Trinajstić information content (AvgIpc) is 2.34. The Bertz CT molecular complexity index is 198. The number of aliphatic hydroxyl groups is 1. The van der Waals surface area contributed by atoms with Gasteiger partial charge in [0.25, 0.3) is 0 Å². The SMILES string of the molecule is CCC(CC)(CO)CNN1C(C)CCCC1C. The minimum Gasteiger partial charge on any atom is -0.396 e. The number of hydrogen-bond acceptors (Lipinski definition) is 3. The lowest BCUT2D eigenvalue weighted by atomic mass is 9.83. The molecule has 0 bridgehead atoms. The number of aliphatic hydroxyl groups excluding tert-OH is 1. The Morgan fingerprint density at radius 1 is 1.18 bits per heavy atom. The van der Waals surface area contributed by atoms with Gasteiger partial charge in [0.2, 0.25) is 0 Å². The van der Waals surface area contributed by atoms with Gasteiger partial charge in [-0.15, -0.1) is 0 Å². The van der Waals surface area contributed by atoms with E-state index in [9.17, 15) is 5.11 Å². The molecule has 2 atom stereocenters. The zero-order valence-corrected chi connectivity index (χ0v) is 12.0. The van der Waals surface area contributed by atoms with Crippen molar-refractivity contribution in [3.63, 3.8) is 0 Å². The van der Waals surface area contributed by atoms with Gasteiger partial charge in [-0.25, -0.2) is 5.01 Å². The van der Waals surface area contributed by atoms with Crippen molar-refractivity contribution < 1.29 is 5.11 Å². The van der Waals surface area contributed by atoms with E-state index in [4.69, 9.17) is 0 Å². The molecule has 0 amide bonds. The molecule has 0 aromatic carbocycles. The molecule has 0 aromatic heterocycles. The van der Waals surface area contributed by atoms with E-state index < -0.39 is 0 Å². The Morgan fingerprint density at radius 2 is 1.71 bits per heavy atom. The van der Waals surface area contributed by atoms with Gasteiger partial charge in [-0.1, -0.05) is 20.3 Å². The van der Waals surface area contributed by atoms with Crippen molar-refractivity contribution in [3.8, 4) is 0 Å². The number of hydrazine groups is 1. The van der Waals surface area contributed by atoms with Crippen LogP contribution in [0.3, 0.4) is 0 Å². The first-order valence-electron chi connectivity index (χ1n) is 7.21. The molecule has 0 spiro atoms. The Morgan fingerprint density at radius 3 is 2.12 bits per heavy atom. The van der Waals surface area contributed by atoms with Crippen LogP contribution in [0.15, 0.2) is 0 Å². The molecule has 0 aliphatic carbocycles. The van der Waals surface area contributed by atoms with E-state index in [0.717, 1.165) is 19.4 Å². The molecule has 1 fully saturated rings. The van der Waals surface area contributed by atoms with Crippen molar-refractivity contribution in [1.29, 1.82) is 0 Å². The number of nitrogens with one attached hydrogen (secondary N) is 1. The van der Waals surface area contributed by atoms with Crippen LogP contribution in [0.1, 0.15) is 59.8 Å². The van der Waals surface area contributed by atoms with Crippen molar-refractivity contribution >= 4 is 0 Å². The van der Waals surface area contributed by atoms with Crippen molar-refractivity contribution in [2.75, 3.05) is 13.2 Å². The first-order chi connectivity index (χ1) is 8.08. The maximum atomic E-state index is 9.58. The summed E-state index contributed by atoms with van der Waals surface area (Å²) >= 11 is 0. The van der Waals surface area contributed by atoms with Crippen molar-refractivity contribution in [2.24, 2.45) is 5.41 Å². The summed E-state index contributed by atoms with van der Waals surface area (Å²) in [5.74, 6) is 0. The second kappa shape index (κ2) is 6.72. The van der Waals surface area contributed by atoms with Gasteiger partial charge in [0.15, 0.2) is 0 Å². The normalized spacial score (nSPS) is 27.4. The molecule has 0 aromatic rings. The fourth-order valence-electron chi connectivity index (χ4n) is 2.77. The second-order valence-electron chi connectivity index (χ2n) is 5.74. The molecule has 0 saturated carbocycles. The van der Waals surface area contributed by atoms with Gasteiger partial charge in [-0.3, -0.25) is 5.43 Å². The molecule has 102 valence electrons. The third-order valence-corrected chi connectivity index (χ3v) is 4.67. The van der Waals surface area contributed by atoms with Gasteiger partial charge in [0.1, 0.15) is 0 Å². The molecule has 3 heteroatoms. The van der Waals surface area contributed by atoms with E-state index in [-0.39, 0.29) is 12.0 Å². The maximum Gasteiger partial charge on any atom is 0.0499 e. The largest absolute Gasteiger partial charge is 0.396 e. The summed E-state index contributed by atoms with van der Waals surface area (Å²) in [6.07, 6.45) is 5.96. The quantitative estimate of drug-likeness (QED) is 0.751. The number of piperidine rings is 1. The molecule has 1 aliphatic rings. The lowest BCUT2D eigenvalue weighted by Crippen LogP contribution is -2.55. The third kappa shape index (κ3) is 3.67. The summed E-state index contributed by atoms with van der Waals surface area (Å²) in [5, 5.41) is 12.0. The molecule has 17 heavy (non-hydrogen) atoms. The minimum atomic E-state index is 0.0525. The summed E-state index contributed by atoms with van der Waals surface area (Å²) in [5.41, 5.74) is 3.64. The van der Waals surface area contributed by atoms with Crippen LogP contribution in [-0.4, -0.2) is 35.4 Å². The van der Waals surface area contributed by atoms with Gasteiger partial charge in [0, 0.05) is 30.7 Å². The zero-order chi connectivity index (χ0) is 12.9. The van der Waals surface area contributed by atoms with Crippen molar-refractivity contribution in [2.45, 2.75) is 71.9 Å².